The van der Waals surface area contributed by atoms with E-state index in [0.29, 0.717) is 6.42 Å². The predicted octanol–water partition coefficient (Wildman–Crippen LogP) is 2.55. The molecule has 6 nitrogen and oxygen atoms in total. The first kappa shape index (κ1) is 16.8. The lowest BCUT2D eigenvalue weighted by atomic mass is 10.0. The topological polar surface area (TPSA) is 84.9 Å². The Balaban J connectivity index is 2.41. The van der Waals surface area contributed by atoms with Gasteiger partial charge in [0.05, 0.1) is 5.92 Å². The van der Waals surface area contributed by atoms with Crippen molar-refractivity contribution >= 4 is 12.1 Å². The van der Waals surface area contributed by atoms with Crippen LogP contribution >= 0.6 is 0 Å². The Morgan fingerprint density at radius 1 is 1.24 bits per heavy atom. The number of hydrogen-bond donors (Lipinski definition) is 2. The summed E-state index contributed by atoms with van der Waals surface area (Å²) in [5, 5.41) is 9.19. The van der Waals surface area contributed by atoms with Crippen LogP contribution in [-0.4, -0.2) is 22.8 Å². The van der Waals surface area contributed by atoms with E-state index in [1.807, 2.05) is 5.48 Å². The third kappa shape index (κ3) is 6.65. The summed E-state index contributed by atoms with van der Waals surface area (Å²) in [5.41, 5.74) is 2.19. The third-order valence-corrected chi connectivity index (χ3v) is 2.51. The van der Waals surface area contributed by atoms with Gasteiger partial charge in [-0.15, -0.1) is 5.48 Å². The number of hydrogen-bond acceptors (Lipinski definition) is 5. The molecule has 1 amide bonds. The predicted molar refractivity (Wildman–Crippen MR) is 76.4 cm³/mol. The number of phenolic OH excluding ortho intramolecular Hbond substituents is 1. The van der Waals surface area contributed by atoms with Gasteiger partial charge in [0.25, 0.3) is 0 Å². The summed E-state index contributed by atoms with van der Waals surface area (Å²) in [7, 11) is 0. The molecular formula is C15H21NO5. The van der Waals surface area contributed by atoms with Crippen molar-refractivity contribution < 1.29 is 24.3 Å². The molecule has 0 aliphatic rings. The second kappa shape index (κ2) is 6.97. The molecule has 0 aliphatic carbocycles. The molecule has 1 rings (SSSR count). The zero-order valence-corrected chi connectivity index (χ0v) is 12.7. The zero-order valence-electron chi connectivity index (χ0n) is 12.7. The zero-order chi connectivity index (χ0) is 16.0. The van der Waals surface area contributed by atoms with Crippen molar-refractivity contribution in [2.75, 3.05) is 0 Å². The molecule has 1 aromatic rings. The van der Waals surface area contributed by atoms with E-state index in [2.05, 4.69) is 0 Å². The Bertz CT molecular complexity index is 490. The maximum atomic E-state index is 11.7. The molecule has 1 atom stereocenters. The lowest BCUT2D eigenvalue weighted by Gasteiger charge is -2.19. The Morgan fingerprint density at radius 3 is 2.33 bits per heavy atom. The maximum absolute atomic E-state index is 11.7. The molecule has 0 saturated carbocycles. The van der Waals surface area contributed by atoms with Crippen molar-refractivity contribution in [3.05, 3.63) is 29.8 Å². The van der Waals surface area contributed by atoms with Crippen LogP contribution < -0.4 is 5.48 Å². The molecule has 0 bridgehead atoms. The van der Waals surface area contributed by atoms with E-state index in [0.717, 1.165) is 5.56 Å². The highest BCUT2D eigenvalue weighted by Crippen LogP contribution is 2.14. The quantitative estimate of drug-likeness (QED) is 0.837. The van der Waals surface area contributed by atoms with E-state index < -0.39 is 23.6 Å². The van der Waals surface area contributed by atoms with E-state index in [1.165, 1.54) is 0 Å². The average molecular weight is 295 g/mol. The molecule has 1 aromatic carbocycles. The summed E-state index contributed by atoms with van der Waals surface area (Å²) in [5.74, 6) is -0.834. The molecule has 1 unspecified atom stereocenters. The molecule has 21 heavy (non-hydrogen) atoms. The minimum Gasteiger partial charge on any atom is -0.508 e. The van der Waals surface area contributed by atoms with Crippen LogP contribution in [0.25, 0.3) is 0 Å². The van der Waals surface area contributed by atoms with Crippen molar-refractivity contribution in [3.8, 4) is 5.75 Å². The fraction of sp³-hybridized carbons (Fsp3) is 0.467. The molecule has 0 fully saturated rings. The van der Waals surface area contributed by atoms with Crippen molar-refractivity contribution in [1.82, 2.24) is 5.48 Å². The number of hydroxylamine groups is 1. The van der Waals surface area contributed by atoms with Crippen molar-refractivity contribution in [2.45, 2.75) is 39.7 Å². The smallest absolute Gasteiger partial charge is 0.441 e. The van der Waals surface area contributed by atoms with E-state index in [9.17, 15) is 14.7 Å². The molecular weight excluding hydrogens is 274 g/mol. The SMILES string of the molecule is CC(Cc1ccc(O)cc1)C(=O)ONC(=O)OC(C)(C)C. The number of aromatic hydroxyl groups is 1. The molecule has 0 heterocycles. The second-order valence-electron chi connectivity index (χ2n) is 5.80. The Hall–Kier alpha value is -2.24. The van der Waals surface area contributed by atoms with Crippen LogP contribution in [0.3, 0.4) is 0 Å². The van der Waals surface area contributed by atoms with Gasteiger partial charge in [0.1, 0.15) is 11.4 Å². The molecule has 0 saturated heterocycles. The Kier molecular flexibility index (Phi) is 5.58. The van der Waals surface area contributed by atoms with Gasteiger partial charge in [-0.1, -0.05) is 19.1 Å². The van der Waals surface area contributed by atoms with Crippen LogP contribution in [-0.2, 0) is 20.8 Å². The monoisotopic (exact) mass is 295 g/mol. The molecule has 116 valence electrons. The summed E-state index contributed by atoms with van der Waals surface area (Å²) in [6, 6.07) is 6.54. The molecule has 2 N–H and O–H groups in total. The number of carbonyl (C=O) groups excluding carboxylic acids is 2. The van der Waals surface area contributed by atoms with Crippen LogP contribution in [0.15, 0.2) is 24.3 Å². The first-order chi connectivity index (χ1) is 9.67. The van der Waals surface area contributed by atoms with Crippen molar-refractivity contribution in [2.24, 2.45) is 5.92 Å². The number of nitrogens with one attached hydrogen (secondary N) is 1. The largest absolute Gasteiger partial charge is 0.508 e. The molecule has 0 radical (unpaired) electrons. The average Bonchev–Trinajstić information content (AvgIpc) is 2.36. The number of carbonyl (C=O) groups is 2. The van der Waals surface area contributed by atoms with Crippen LogP contribution in [0.1, 0.15) is 33.3 Å². The second-order valence-corrected chi connectivity index (χ2v) is 5.80. The summed E-state index contributed by atoms with van der Waals surface area (Å²) in [6.45, 7) is 6.82. The van der Waals surface area contributed by atoms with Gasteiger partial charge in [0.15, 0.2) is 0 Å². The molecule has 6 heteroatoms. The molecule has 0 spiro atoms. The normalized spacial score (nSPS) is 12.4. The van der Waals surface area contributed by atoms with Crippen LogP contribution in [0, 0.1) is 5.92 Å². The van der Waals surface area contributed by atoms with E-state index >= 15 is 0 Å². The molecule has 0 aliphatic heterocycles. The van der Waals surface area contributed by atoms with Gasteiger partial charge >= 0.3 is 12.1 Å². The number of amides is 1. The highest BCUT2D eigenvalue weighted by Gasteiger charge is 2.20. The van der Waals surface area contributed by atoms with Crippen LogP contribution in [0.2, 0.25) is 0 Å². The lowest BCUT2D eigenvalue weighted by Crippen LogP contribution is -2.35. The van der Waals surface area contributed by atoms with Gasteiger partial charge in [-0.3, -0.25) is 0 Å². The summed E-state index contributed by atoms with van der Waals surface area (Å²) < 4.78 is 4.94. The van der Waals surface area contributed by atoms with Gasteiger partial charge in [0, 0.05) is 0 Å². The number of rotatable bonds is 3. The number of benzene rings is 1. The third-order valence-electron chi connectivity index (χ3n) is 2.51. The minimum absolute atomic E-state index is 0.167. The lowest BCUT2D eigenvalue weighted by molar-refractivity contribution is -0.154. The maximum Gasteiger partial charge on any atom is 0.441 e. The Labute approximate surface area is 124 Å². The summed E-state index contributed by atoms with van der Waals surface area (Å²) in [4.78, 5) is 27.8. The first-order valence-corrected chi connectivity index (χ1v) is 6.65. The minimum atomic E-state index is -0.812. The van der Waals surface area contributed by atoms with Crippen molar-refractivity contribution in [3.63, 3.8) is 0 Å². The van der Waals surface area contributed by atoms with E-state index in [1.54, 1.807) is 52.0 Å². The highest BCUT2D eigenvalue weighted by atomic mass is 16.7. The van der Waals surface area contributed by atoms with Gasteiger partial charge in [-0.25, -0.2) is 9.59 Å². The van der Waals surface area contributed by atoms with Gasteiger partial charge < -0.3 is 14.7 Å². The first-order valence-electron chi connectivity index (χ1n) is 6.65. The summed E-state index contributed by atoms with van der Waals surface area (Å²) in [6.07, 6.45) is -0.373. The van der Waals surface area contributed by atoms with E-state index in [-0.39, 0.29) is 5.75 Å². The standard InChI is InChI=1S/C15H21NO5/c1-10(9-11-5-7-12(17)8-6-11)13(18)21-16-14(19)20-15(2,3)4/h5-8,10,17H,9H2,1-4H3,(H,16,19). The van der Waals surface area contributed by atoms with Gasteiger partial charge in [-0.05, 0) is 44.9 Å². The fourth-order valence-corrected chi connectivity index (χ4v) is 1.56. The van der Waals surface area contributed by atoms with Crippen LogP contribution in [0.4, 0.5) is 4.79 Å². The van der Waals surface area contributed by atoms with E-state index in [4.69, 9.17) is 9.57 Å². The fourth-order valence-electron chi connectivity index (χ4n) is 1.56. The van der Waals surface area contributed by atoms with Crippen molar-refractivity contribution in [1.29, 1.82) is 0 Å². The van der Waals surface area contributed by atoms with Gasteiger partial charge in [0.2, 0.25) is 0 Å². The van der Waals surface area contributed by atoms with Gasteiger partial charge in [-0.2, -0.15) is 0 Å². The highest BCUT2D eigenvalue weighted by molar-refractivity contribution is 5.75. The Morgan fingerprint density at radius 2 is 1.81 bits per heavy atom. The summed E-state index contributed by atoms with van der Waals surface area (Å²) >= 11 is 0. The number of ether oxygens (including phenoxy) is 1. The van der Waals surface area contributed by atoms with Crippen LogP contribution in [0.5, 0.6) is 5.75 Å². The number of phenols is 1. The molecule has 0 aromatic heterocycles.